The van der Waals surface area contributed by atoms with Gasteiger partial charge in [0, 0.05) is 6.42 Å². The van der Waals surface area contributed by atoms with E-state index in [0.717, 1.165) is 12.3 Å². The number of alkyl halides is 3. The lowest BCUT2D eigenvalue weighted by Crippen LogP contribution is -2.12. The van der Waals surface area contributed by atoms with E-state index in [2.05, 4.69) is 9.98 Å². The summed E-state index contributed by atoms with van der Waals surface area (Å²) in [7, 11) is 0. The molecule has 0 radical (unpaired) electrons. The molecule has 8 heteroatoms. The largest absolute Gasteiger partial charge is 0.492 e. The van der Waals surface area contributed by atoms with Gasteiger partial charge < -0.3 is 15.2 Å². The molecule has 2 heterocycles. The monoisotopic (exact) mass is 275 g/mol. The van der Waals surface area contributed by atoms with Crippen LogP contribution >= 0.6 is 0 Å². The van der Waals surface area contributed by atoms with Gasteiger partial charge in [-0.05, 0) is 12.1 Å². The molecule has 1 aliphatic heterocycles. The second kappa shape index (κ2) is 5.33. The molecule has 2 rings (SSSR count). The first-order valence-electron chi connectivity index (χ1n) is 5.57. The highest BCUT2D eigenvalue weighted by atomic mass is 19.4. The molecule has 0 saturated carbocycles. The first kappa shape index (κ1) is 13.4. The summed E-state index contributed by atoms with van der Waals surface area (Å²) in [5.41, 5.74) is 4.39. The molecule has 0 fully saturated rings. The van der Waals surface area contributed by atoms with Gasteiger partial charge in [-0.15, -0.1) is 0 Å². The fraction of sp³-hybridized carbons (Fsp3) is 0.455. The Hall–Kier alpha value is -1.99. The molecule has 5 nitrogen and oxygen atoms in total. The van der Waals surface area contributed by atoms with E-state index in [-0.39, 0.29) is 17.8 Å². The van der Waals surface area contributed by atoms with Crippen LogP contribution in [0.4, 0.5) is 13.2 Å². The van der Waals surface area contributed by atoms with E-state index in [1.54, 1.807) is 0 Å². The maximum absolute atomic E-state index is 12.3. The van der Waals surface area contributed by atoms with E-state index in [4.69, 9.17) is 15.2 Å². The van der Waals surface area contributed by atoms with Crippen LogP contribution in [0.2, 0.25) is 0 Å². The zero-order chi connectivity index (χ0) is 13.9. The third kappa shape index (κ3) is 3.73. The van der Waals surface area contributed by atoms with Gasteiger partial charge >= 0.3 is 6.18 Å². The van der Waals surface area contributed by atoms with Crippen molar-refractivity contribution >= 4 is 6.02 Å². The van der Waals surface area contributed by atoms with Gasteiger partial charge in [-0.1, -0.05) is 0 Å². The summed E-state index contributed by atoms with van der Waals surface area (Å²) in [4.78, 5) is 7.28. The number of aromatic nitrogens is 1. The molecule has 0 saturated heterocycles. The van der Waals surface area contributed by atoms with Crippen LogP contribution in [-0.2, 0) is 10.9 Å². The minimum Gasteiger partial charge on any atom is -0.492 e. The Morgan fingerprint density at radius 3 is 2.74 bits per heavy atom. The minimum atomic E-state index is -4.44. The number of amidine groups is 1. The molecule has 0 aliphatic carbocycles. The number of nitrogens with two attached hydrogens (primary N) is 1. The van der Waals surface area contributed by atoms with Crippen LogP contribution in [-0.4, -0.2) is 30.3 Å². The van der Waals surface area contributed by atoms with Gasteiger partial charge in [0.05, 0.1) is 18.8 Å². The van der Waals surface area contributed by atoms with Crippen LogP contribution in [0.15, 0.2) is 23.3 Å². The van der Waals surface area contributed by atoms with Crippen molar-refractivity contribution in [3.8, 4) is 5.75 Å². The predicted octanol–water partition coefficient (Wildman–Crippen LogP) is 1.58. The van der Waals surface area contributed by atoms with Crippen LogP contribution in [0.1, 0.15) is 12.1 Å². The summed E-state index contributed by atoms with van der Waals surface area (Å²) in [5, 5.41) is 0. The van der Waals surface area contributed by atoms with Crippen LogP contribution in [0, 0.1) is 0 Å². The van der Waals surface area contributed by atoms with Gasteiger partial charge in [0.15, 0.2) is 0 Å². The van der Waals surface area contributed by atoms with Gasteiger partial charge in [0.1, 0.15) is 18.1 Å². The van der Waals surface area contributed by atoms with E-state index in [1.807, 2.05) is 0 Å². The lowest BCUT2D eigenvalue weighted by Gasteiger charge is -2.09. The summed E-state index contributed by atoms with van der Waals surface area (Å²) in [6.45, 7) is 0.707. The molecule has 1 aromatic rings. The third-order valence-corrected chi connectivity index (χ3v) is 2.48. The lowest BCUT2D eigenvalue weighted by molar-refractivity contribution is -0.141. The topological polar surface area (TPSA) is 69.7 Å². The Balaban J connectivity index is 1.80. The summed E-state index contributed by atoms with van der Waals surface area (Å²) in [5.74, 6) is 0.281. The highest BCUT2D eigenvalue weighted by Gasteiger charge is 2.32. The average molecular weight is 275 g/mol. The lowest BCUT2D eigenvalue weighted by atomic mass is 10.2. The molecule has 1 aliphatic rings. The Morgan fingerprint density at radius 2 is 2.21 bits per heavy atom. The molecule has 104 valence electrons. The second-order valence-corrected chi connectivity index (χ2v) is 3.95. The van der Waals surface area contributed by atoms with Gasteiger partial charge in [-0.25, -0.2) is 9.98 Å². The van der Waals surface area contributed by atoms with Gasteiger partial charge in [-0.2, -0.15) is 13.2 Å². The molecule has 0 amide bonds. The van der Waals surface area contributed by atoms with Crippen molar-refractivity contribution in [2.24, 2.45) is 10.7 Å². The van der Waals surface area contributed by atoms with Crippen molar-refractivity contribution in [1.82, 2.24) is 4.98 Å². The van der Waals surface area contributed by atoms with Crippen molar-refractivity contribution in [1.29, 1.82) is 0 Å². The quantitative estimate of drug-likeness (QED) is 0.905. The van der Waals surface area contributed by atoms with Gasteiger partial charge in [-0.3, -0.25) is 0 Å². The number of rotatable bonds is 4. The molecule has 2 N–H and O–H groups in total. The highest BCUT2D eigenvalue weighted by molar-refractivity contribution is 5.72. The van der Waals surface area contributed by atoms with Crippen LogP contribution in [0.5, 0.6) is 5.75 Å². The summed E-state index contributed by atoms with van der Waals surface area (Å²) < 4.78 is 47.0. The van der Waals surface area contributed by atoms with Crippen molar-refractivity contribution < 1.29 is 22.6 Å². The number of hydrogen-bond acceptors (Lipinski definition) is 5. The highest BCUT2D eigenvalue weighted by Crippen LogP contribution is 2.28. The number of hydrogen-bond donors (Lipinski definition) is 1. The Morgan fingerprint density at radius 1 is 1.42 bits per heavy atom. The van der Waals surface area contributed by atoms with Gasteiger partial charge in [0.2, 0.25) is 0 Å². The summed E-state index contributed by atoms with van der Waals surface area (Å²) in [6, 6.07) is 2.20. The second-order valence-electron chi connectivity index (χ2n) is 3.95. The van der Waals surface area contributed by atoms with Crippen molar-refractivity contribution in [2.75, 3.05) is 13.2 Å². The van der Waals surface area contributed by atoms with Gasteiger partial charge in [0.25, 0.3) is 6.02 Å². The molecule has 0 bridgehead atoms. The molecule has 0 aromatic carbocycles. The zero-order valence-corrected chi connectivity index (χ0v) is 9.85. The molecular formula is C11H12F3N3O2. The number of nitrogens with zero attached hydrogens (tertiary/aromatic N) is 2. The molecule has 1 atom stereocenters. The maximum Gasteiger partial charge on any atom is 0.433 e. The Kier molecular flexibility index (Phi) is 3.77. The SMILES string of the molecule is NC1=NC(CCOc2ccc(C(F)(F)F)nc2)CO1. The van der Waals surface area contributed by atoms with Crippen LogP contribution < -0.4 is 10.5 Å². The predicted molar refractivity (Wildman–Crippen MR) is 60.7 cm³/mol. The number of ether oxygens (including phenoxy) is 2. The van der Waals surface area contributed by atoms with E-state index >= 15 is 0 Å². The average Bonchev–Trinajstić information content (AvgIpc) is 2.75. The summed E-state index contributed by atoms with van der Waals surface area (Å²) in [6.07, 6.45) is -2.82. The van der Waals surface area contributed by atoms with Crippen molar-refractivity contribution in [3.05, 3.63) is 24.0 Å². The Bertz CT molecular complexity index is 459. The normalized spacial score (nSPS) is 18.9. The maximum atomic E-state index is 12.3. The molecule has 0 spiro atoms. The Labute approximate surface area is 107 Å². The first-order chi connectivity index (χ1) is 8.95. The zero-order valence-electron chi connectivity index (χ0n) is 9.85. The van der Waals surface area contributed by atoms with Crippen LogP contribution in [0.25, 0.3) is 0 Å². The number of halogens is 3. The molecule has 1 unspecified atom stereocenters. The van der Waals surface area contributed by atoms with E-state index in [0.29, 0.717) is 19.6 Å². The number of pyridine rings is 1. The van der Waals surface area contributed by atoms with E-state index in [1.165, 1.54) is 6.07 Å². The van der Waals surface area contributed by atoms with Crippen molar-refractivity contribution in [2.45, 2.75) is 18.6 Å². The third-order valence-electron chi connectivity index (χ3n) is 2.48. The van der Waals surface area contributed by atoms with Crippen molar-refractivity contribution in [3.63, 3.8) is 0 Å². The number of aliphatic imine (C=N–C) groups is 1. The van der Waals surface area contributed by atoms with Crippen LogP contribution in [0.3, 0.4) is 0 Å². The minimum absolute atomic E-state index is 0.0672. The van der Waals surface area contributed by atoms with E-state index in [9.17, 15) is 13.2 Å². The summed E-state index contributed by atoms with van der Waals surface area (Å²) >= 11 is 0. The van der Waals surface area contributed by atoms with E-state index < -0.39 is 11.9 Å². The molecule has 19 heavy (non-hydrogen) atoms. The molecular weight excluding hydrogens is 263 g/mol. The molecule has 1 aromatic heterocycles. The fourth-order valence-electron chi connectivity index (χ4n) is 1.53. The first-order valence-corrected chi connectivity index (χ1v) is 5.57. The fourth-order valence-corrected chi connectivity index (χ4v) is 1.53. The standard InChI is InChI=1S/C11H12F3N3O2/c12-11(13,14)9-2-1-8(5-16-9)18-4-3-7-6-19-10(15)17-7/h1-2,5,7H,3-4,6H2,(H2,15,17). The smallest absolute Gasteiger partial charge is 0.433 e.